The van der Waals surface area contributed by atoms with E-state index in [1.807, 2.05) is 18.3 Å². The molecule has 1 aliphatic carbocycles. The Morgan fingerprint density at radius 1 is 1.53 bits per heavy atom. The van der Waals surface area contributed by atoms with Gasteiger partial charge in [0.25, 0.3) is 0 Å². The van der Waals surface area contributed by atoms with E-state index in [-0.39, 0.29) is 0 Å². The van der Waals surface area contributed by atoms with Gasteiger partial charge in [0.15, 0.2) is 0 Å². The van der Waals surface area contributed by atoms with Crippen molar-refractivity contribution in [1.29, 1.82) is 0 Å². The van der Waals surface area contributed by atoms with Gasteiger partial charge in [-0.25, -0.2) is 4.98 Å². The van der Waals surface area contributed by atoms with Crippen LogP contribution in [-0.4, -0.2) is 36.2 Å². The summed E-state index contributed by atoms with van der Waals surface area (Å²) in [6.45, 7) is 0.891. The van der Waals surface area contributed by atoms with E-state index in [4.69, 9.17) is 11.2 Å². The summed E-state index contributed by atoms with van der Waals surface area (Å²) >= 11 is 0. The maximum atomic E-state index is 5.41. The topological polar surface area (TPSA) is 25.4 Å². The Labute approximate surface area is 103 Å². The predicted molar refractivity (Wildman–Crippen MR) is 67.5 cm³/mol. The van der Waals surface area contributed by atoms with Gasteiger partial charge in [-0.15, -0.1) is 6.42 Å². The number of methoxy groups -OCH3 is 1. The zero-order valence-corrected chi connectivity index (χ0v) is 10.4. The third-order valence-electron chi connectivity index (χ3n) is 3.45. The highest BCUT2D eigenvalue weighted by molar-refractivity contribution is 5.26. The number of pyridine rings is 1. The highest BCUT2D eigenvalue weighted by atomic mass is 16.5. The number of aromatic nitrogens is 1. The van der Waals surface area contributed by atoms with Crippen LogP contribution in [0.5, 0.6) is 0 Å². The second kappa shape index (κ2) is 5.31. The lowest BCUT2D eigenvalue weighted by atomic mass is 9.87. The Morgan fingerprint density at radius 2 is 2.35 bits per heavy atom. The van der Waals surface area contributed by atoms with Crippen molar-refractivity contribution in [2.24, 2.45) is 0 Å². The van der Waals surface area contributed by atoms with Gasteiger partial charge >= 0.3 is 0 Å². The average molecular weight is 230 g/mol. The van der Waals surface area contributed by atoms with Crippen molar-refractivity contribution in [3.8, 4) is 12.3 Å². The van der Waals surface area contributed by atoms with Crippen LogP contribution < -0.4 is 0 Å². The fourth-order valence-electron chi connectivity index (χ4n) is 2.24. The Hall–Kier alpha value is -1.37. The maximum Gasteiger partial charge on any atom is 0.112 e. The van der Waals surface area contributed by atoms with E-state index >= 15 is 0 Å². The monoisotopic (exact) mass is 230 g/mol. The van der Waals surface area contributed by atoms with E-state index in [0.29, 0.717) is 17.8 Å². The molecule has 1 fully saturated rings. The number of likely N-dealkylation sites (N-methyl/N-ethyl adjacent to an activating group) is 1. The van der Waals surface area contributed by atoms with Gasteiger partial charge in [0, 0.05) is 25.9 Å². The third kappa shape index (κ3) is 2.66. The molecule has 17 heavy (non-hydrogen) atoms. The molecule has 3 nitrogen and oxygen atoms in total. The van der Waals surface area contributed by atoms with Crippen LogP contribution >= 0.6 is 0 Å². The summed E-state index contributed by atoms with van der Waals surface area (Å²) < 4.78 is 5.41. The molecule has 90 valence electrons. The lowest BCUT2D eigenvalue weighted by molar-refractivity contribution is -0.0426. The minimum absolute atomic E-state index is 0.387. The predicted octanol–water partition coefficient (Wildman–Crippen LogP) is 1.67. The number of ether oxygens (including phenoxy) is 1. The Bertz CT molecular complexity index is 405. The molecule has 1 aromatic heterocycles. The molecule has 0 N–H and O–H groups in total. The first kappa shape index (κ1) is 12.1. The fourth-order valence-corrected chi connectivity index (χ4v) is 2.24. The molecule has 1 aliphatic rings. The molecule has 0 aliphatic heterocycles. The van der Waals surface area contributed by atoms with Crippen molar-refractivity contribution in [2.45, 2.75) is 31.5 Å². The van der Waals surface area contributed by atoms with Crippen LogP contribution in [0.2, 0.25) is 0 Å². The summed E-state index contributed by atoms with van der Waals surface area (Å²) in [6, 6.07) is 4.46. The number of nitrogens with zero attached hydrogens (tertiary/aromatic N) is 2. The molecular weight excluding hydrogens is 212 g/mol. The van der Waals surface area contributed by atoms with Crippen molar-refractivity contribution in [1.82, 2.24) is 9.88 Å². The highest BCUT2D eigenvalue weighted by Crippen LogP contribution is 2.27. The Balaban J connectivity index is 1.94. The summed E-state index contributed by atoms with van der Waals surface area (Å²) in [4.78, 5) is 6.52. The molecular formula is C14H18N2O. The van der Waals surface area contributed by atoms with Crippen molar-refractivity contribution in [2.75, 3.05) is 14.2 Å². The van der Waals surface area contributed by atoms with E-state index in [1.165, 1.54) is 18.4 Å². The number of rotatable bonds is 4. The second-order valence-corrected chi connectivity index (χ2v) is 4.53. The average Bonchev–Trinajstić information content (AvgIpc) is 2.29. The number of hydrogen-bond acceptors (Lipinski definition) is 3. The lowest BCUT2D eigenvalue weighted by Crippen LogP contribution is -2.49. The molecule has 1 heterocycles. The Kier molecular flexibility index (Phi) is 3.78. The highest BCUT2D eigenvalue weighted by Gasteiger charge is 2.33. The van der Waals surface area contributed by atoms with E-state index in [1.54, 1.807) is 7.11 Å². The van der Waals surface area contributed by atoms with Crippen LogP contribution in [0.3, 0.4) is 0 Å². The van der Waals surface area contributed by atoms with Crippen LogP contribution in [0.15, 0.2) is 18.3 Å². The molecule has 3 heteroatoms. The number of terminal acetylenes is 1. The Morgan fingerprint density at radius 3 is 2.82 bits per heavy atom. The van der Waals surface area contributed by atoms with Crippen LogP contribution in [-0.2, 0) is 11.3 Å². The molecule has 0 saturated heterocycles. The van der Waals surface area contributed by atoms with E-state index in [0.717, 1.165) is 6.54 Å². The molecule has 2 rings (SSSR count). The quantitative estimate of drug-likeness (QED) is 0.736. The van der Waals surface area contributed by atoms with Crippen LogP contribution in [0, 0.1) is 12.3 Å². The van der Waals surface area contributed by atoms with Crippen molar-refractivity contribution in [3.05, 3.63) is 29.6 Å². The first-order valence-electron chi connectivity index (χ1n) is 5.89. The zero-order chi connectivity index (χ0) is 12.3. The van der Waals surface area contributed by atoms with Gasteiger partial charge in [0.1, 0.15) is 5.69 Å². The van der Waals surface area contributed by atoms with Crippen molar-refractivity contribution in [3.63, 3.8) is 0 Å². The second-order valence-electron chi connectivity index (χ2n) is 4.53. The third-order valence-corrected chi connectivity index (χ3v) is 3.45. The largest absolute Gasteiger partial charge is 0.380 e. The summed E-state index contributed by atoms with van der Waals surface area (Å²) in [6.07, 6.45) is 9.90. The molecule has 0 radical (unpaired) electrons. The van der Waals surface area contributed by atoms with Crippen LogP contribution in [0.4, 0.5) is 0 Å². The molecule has 1 saturated carbocycles. The van der Waals surface area contributed by atoms with Gasteiger partial charge in [0.05, 0.1) is 6.10 Å². The van der Waals surface area contributed by atoms with Gasteiger partial charge < -0.3 is 4.74 Å². The van der Waals surface area contributed by atoms with Gasteiger partial charge in [-0.3, -0.25) is 4.90 Å². The summed E-state index contributed by atoms with van der Waals surface area (Å²) in [7, 11) is 3.92. The van der Waals surface area contributed by atoms with Crippen LogP contribution in [0.1, 0.15) is 24.1 Å². The smallest absolute Gasteiger partial charge is 0.112 e. The summed E-state index contributed by atoms with van der Waals surface area (Å²) in [5.74, 6) is 2.52. The minimum atomic E-state index is 0.387. The maximum absolute atomic E-state index is 5.41. The van der Waals surface area contributed by atoms with Crippen molar-refractivity contribution >= 4 is 0 Å². The fraction of sp³-hybridized carbons (Fsp3) is 0.500. The SMILES string of the molecule is C#Cc1ccc(CN(C)[C@@H]2CC[C@H]2OC)cn1. The standard InChI is InChI=1S/C14H18N2O/c1-4-12-6-5-11(9-15-12)10-16(2)13-7-8-14(13)17-3/h1,5-6,9,13-14H,7-8,10H2,2-3H3/t13-,14-/m1/s1. The summed E-state index contributed by atoms with van der Waals surface area (Å²) in [5, 5.41) is 0. The molecule has 0 amide bonds. The molecule has 0 bridgehead atoms. The lowest BCUT2D eigenvalue weighted by Gasteiger charge is -2.41. The normalized spacial score (nSPS) is 23.2. The first-order valence-corrected chi connectivity index (χ1v) is 5.89. The summed E-state index contributed by atoms with van der Waals surface area (Å²) in [5.41, 5.74) is 1.88. The van der Waals surface area contributed by atoms with Gasteiger partial charge in [0.2, 0.25) is 0 Å². The minimum Gasteiger partial charge on any atom is -0.380 e. The van der Waals surface area contributed by atoms with Gasteiger partial charge in [-0.2, -0.15) is 0 Å². The van der Waals surface area contributed by atoms with E-state index in [9.17, 15) is 0 Å². The van der Waals surface area contributed by atoms with E-state index in [2.05, 4.69) is 22.9 Å². The molecule has 1 aromatic rings. The van der Waals surface area contributed by atoms with Gasteiger partial charge in [-0.05, 0) is 31.5 Å². The van der Waals surface area contributed by atoms with E-state index < -0.39 is 0 Å². The molecule has 0 spiro atoms. The molecule has 2 atom stereocenters. The van der Waals surface area contributed by atoms with Gasteiger partial charge in [-0.1, -0.05) is 12.0 Å². The first-order chi connectivity index (χ1) is 8.24. The van der Waals surface area contributed by atoms with Crippen molar-refractivity contribution < 1.29 is 4.74 Å². The molecule has 0 unspecified atom stereocenters. The van der Waals surface area contributed by atoms with Crippen LogP contribution in [0.25, 0.3) is 0 Å². The number of hydrogen-bond donors (Lipinski definition) is 0. The zero-order valence-electron chi connectivity index (χ0n) is 10.4. The molecule has 0 aromatic carbocycles.